The topological polar surface area (TPSA) is 102 Å². The van der Waals surface area contributed by atoms with Gasteiger partial charge in [0.05, 0.1) is 13.2 Å². The van der Waals surface area contributed by atoms with Gasteiger partial charge in [0.15, 0.2) is 17.3 Å². The van der Waals surface area contributed by atoms with Crippen LogP contribution in [0.5, 0.6) is 11.5 Å². The van der Waals surface area contributed by atoms with E-state index in [1.54, 1.807) is 0 Å². The van der Waals surface area contributed by atoms with Crippen LogP contribution in [0.25, 0.3) is 0 Å². The summed E-state index contributed by atoms with van der Waals surface area (Å²) in [6.07, 6.45) is 3.36. The number of fused-ring (bicyclic) bond motifs is 1. The van der Waals surface area contributed by atoms with E-state index in [-0.39, 0.29) is 5.91 Å². The summed E-state index contributed by atoms with van der Waals surface area (Å²) < 4.78 is 11.3. The van der Waals surface area contributed by atoms with E-state index in [0.29, 0.717) is 25.6 Å². The third-order valence-corrected chi connectivity index (χ3v) is 4.68. The van der Waals surface area contributed by atoms with Gasteiger partial charge in [-0.05, 0) is 30.5 Å². The molecule has 4 rings (SSSR count). The Bertz CT molecular complexity index is 727. The number of carbonyl (C=O) groups excluding carboxylic acids is 1. The molecule has 1 aliphatic carbocycles. The molecule has 0 unspecified atom stereocenters. The normalized spacial score (nSPS) is 18.3. The quantitative estimate of drug-likeness (QED) is 0.871. The van der Waals surface area contributed by atoms with Crippen LogP contribution in [0.15, 0.2) is 18.2 Å². The standard InChI is InChI=1S/C16H19N5O3/c22-15(16(5-1-6-16)14-18-20-21-19-14)17-10-11-3-4-12-13(9-11)24-8-2-7-23-12/h3-4,9H,1-2,5-8,10H2,(H,17,22)(H,18,19,20,21). The Labute approximate surface area is 138 Å². The highest BCUT2D eigenvalue weighted by atomic mass is 16.5. The number of hydrogen-bond donors (Lipinski definition) is 2. The summed E-state index contributed by atoms with van der Waals surface area (Å²) in [5, 5.41) is 17.0. The van der Waals surface area contributed by atoms with Crippen LogP contribution >= 0.6 is 0 Å². The average molecular weight is 329 g/mol. The Morgan fingerprint density at radius 3 is 2.75 bits per heavy atom. The van der Waals surface area contributed by atoms with E-state index < -0.39 is 5.41 Å². The Hall–Kier alpha value is -2.64. The minimum Gasteiger partial charge on any atom is -0.490 e. The zero-order chi connectivity index (χ0) is 16.4. The van der Waals surface area contributed by atoms with Gasteiger partial charge in [0, 0.05) is 13.0 Å². The number of rotatable bonds is 4. The molecule has 2 aliphatic rings. The van der Waals surface area contributed by atoms with Crippen molar-refractivity contribution in [2.75, 3.05) is 13.2 Å². The molecule has 1 aromatic heterocycles. The minimum absolute atomic E-state index is 0.0535. The number of aromatic amines is 1. The smallest absolute Gasteiger partial charge is 0.234 e. The van der Waals surface area contributed by atoms with Gasteiger partial charge < -0.3 is 14.8 Å². The molecule has 1 aliphatic heterocycles. The summed E-state index contributed by atoms with van der Waals surface area (Å²) in [4.78, 5) is 12.7. The fourth-order valence-electron chi connectivity index (χ4n) is 3.12. The molecular formula is C16H19N5O3. The van der Waals surface area contributed by atoms with Crippen molar-refractivity contribution in [3.05, 3.63) is 29.6 Å². The summed E-state index contributed by atoms with van der Waals surface area (Å²) >= 11 is 0. The van der Waals surface area contributed by atoms with Crippen LogP contribution in [-0.4, -0.2) is 39.7 Å². The van der Waals surface area contributed by atoms with E-state index in [1.165, 1.54) is 0 Å². The van der Waals surface area contributed by atoms with E-state index in [1.807, 2.05) is 18.2 Å². The number of nitrogens with one attached hydrogen (secondary N) is 2. The lowest BCUT2D eigenvalue weighted by Gasteiger charge is -2.37. The molecule has 0 spiro atoms. The first-order chi connectivity index (χ1) is 11.8. The first-order valence-corrected chi connectivity index (χ1v) is 8.19. The van der Waals surface area contributed by atoms with E-state index in [2.05, 4.69) is 25.9 Å². The lowest BCUT2D eigenvalue weighted by molar-refractivity contribution is -0.130. The molecule has 8 nitrogen and oxygen atoms in total. The van der Waals surface area contributed by atoms with Crippen molar-refractivity contribution < 1.29 is 14.3 Å². The predicted octanol–water partition coefficient (Wildman–Crippen LogP) is 1.10. The van der Waals surface area contributed by atoms with Gasteiger partial charge in [-0.1, -0.05) is 17.7 Å². The van der Waals surface area contributed by atoms with Crippen LogP contribution in [-0.2, 0) is 16.8 Å². The molecule has 0 bridgehead atoms. The van der Waals surface area contributed by atoms with Gasteiger partial charge in [0.1, 0.15) is 5.41 Å². The predicted molar refractivity (Wildman–Crippen MR) is 83.6 cm³/mol. The third kappa shape index (κ3) is 2.57. The zero-order valence-corrected chi connectivity index (χ0v) is 13.2. The van der Waals surface area contributed by atoms with Crippen LogP contribution in [0.1, 0.15) is 37.1 Å². The number of hydrogen-bond acceptors (Lipinski definition) is 6. The number of ether oxygens (including phenoxy) is 2. The van der Waals surface area contributed by atoms with Crippen molar-refractivity contribution in [3.63, 3.8) is 0 Å². The van der Waals surface area contributed by atoms with Gasteiger partial charge in [-0.25, -0.2) is 0 Å². The molecule has 1 amide bonds. The molecule has 0 radical (unpaired) electrons. The summed E-state index contributed by atoms with van der Waals surface area (Å²) in [5.74, 6) is 1.91. The first kappa shape index (κ1) is 14.9. The largest absolute Gasteiger partial charge is 0.490 e. The fourth-order valence-corrected chi connectivity index (χ4v) is 3.12. The summed E-state index contributed by atoms with van der Waals surface area (Å²) in [7, 11) is 0. The SMILES string of the molecule is O=C(NCc1ccc2c(c1)OCCCO2)C1(c2nn[nH]n2)CCC1. The van der Waals surface area contributed by atoms with Crippen LogP contribution in [0.2, 0.25) is 0 Å². The lowest BCUT2D eigenvalue weighted by atomic mass is 9.67. The van der Waals surface area contributed by atoms with Crippen LogP contribution < -0.4 is 14.8 Å². The monoisotopic (exact) mass is 329 g/mol. The average Bonchev–Trinajstić information content (AvgIpc) is 2.97. The third-order valence-electron chi connectivity index (χ3n) is 4.68. The molecule has 24 heavy (non-hydrogen) atoms. The fraction of sp³-hybridized carbons (Fsp3) is 0.500. The first-order valence-electron chi connectivity index (χ1n) is 8.19. The number of aromatic nitrogens is 4. The van der Waals surface area contributed by atoms with Crippen molar-refractivity contribution >= 4 is 5.91 Å². The van der Waals surface area contributed by atoms with Gasteiger partial charge in [-0.15, -0.1) is 10.2 Å². The molecule has 2 N–H and O–H groups in total. The number of carbonyl (C=O) groups is 1. The second-order valence-corrected chi connectivity index (χ2v) is 6.19. The number of H-pyrrole nitrogens is 1. The van der Waals surface area contributed by atoms with E-state index in [4.69, 9.17) is 9.47 Å². The summed E-state index contributed by atoms with van der Waals surface area (Å²) in [6, 6.07) is 5.75. The van der Waals surface area contributed by atoms with Crippen LogP contribution in [0.3, 0.4) is 0 Å². The molecule has 1 fully saturated rings. The molecule has 0 atom stereocenters. The molecule has 1 saturated carbocycles. The Morgan fingerprint density at radius 2 is 2.04 bits per heavy atom. The van der Waals surface area contributed by atoms with Gasteiger partial charge in [-0.2, -0.15) is 5.21 Å². The van der Waals surface area contributed by atoms with Crippen molar-refractivity contribution in [3.8, 4) is 11.5 Å². The Kier molecular flexibility index (Phi) is 3.79. The van der Waals surface area contributed by atoms with E-state index >= 15 is 0 Å². The maximum atomic E-state index is 12.7. The van der Waals surface area contributed by atoms with E-state index in [9.17, 15) is 4.79 Å². The number of amides is 1. The van der Waals surface area contributed by atoms with Gasteiger partial charge >= 0.3 is 0 Å². The maximum absolute atomic E-state index is 12.7. The Morgan fingerprint density at radius 1 is 1.21 bits per heavy atom. The molecule has 1 aromatic carbocycles. The molecule has 126 valence electrons. The molecular weight excluding hydrogens is 310 g/mol. The highest BCUT2D eigenvalue weighted by Gasteiger charge is 2.49. The summed E-state index contributed by atoms with van der Waals surface area (Å²) in [6.45, 7) is 1.73. The minimum atomic E-state index is -0.641. The number of tetrazole rings is 1. The molecule has 2 heterocycles. The number of nitrogens with zero attached hydrogens (tertiary/aromatic N) is 3. The van der Waals surface area contributed by atoms with E-state index in [0.717, 1.165) is 42.7 Å². The zero-order valence-electron chi connectivity index (χ0n) is 13.2. The summed E-state index contributed by atoms with van der Waals surface area (Å²) in [5.41, 5.74) is 0.327. The van der Waals surface area contributed by atoms with Crippen molar-refractivity contribution in [2.45, 2.75) is 37.6 Å². The van der Waals surface area contributed by atoms with Crippen molar-refractivity contribution in [2.24, 2.45) is 0 Å². The highest BCUT2D eigenvalue weighted by Crippen LogP contribution is 2.42. The lowest BCUT2D eigenvalue weighted by Crippen LogP contribution is -2.49. The second-order valence-electron chi connectivity index (χ2n) is 6.19. The molecule has 8 heteroatoms. The number of benzene rings is 1. The maximum Gasteiger partial charge on any atom is 0.234 e. The highest BCUT2D eigenvalue weighted by molar-refractivity contribution is 5.88. The second kappa shape index (κ2) is 6.10. The molecule has 2 aromatic rings. The van der Waals surface area contributed by atoms with Gasteiger partial charge in [0.2, 0.25) is 5.91 Å². The van der Waals surface area contributed by atoms with Gasteiger partial charge in [0.25, 0.3) is 0 Å². The van der Waals surface area contributed by atoms with Gasteiger partial charge in [-0.3, -0.25) is 4.79 Å². The Balaban J connectivity index is 1.45. The molecule has 0 saturated heterocycles. The van der Waals surface area contributed by atoms with Crippen LogP contribution in [0, 0.1) is 0 Å². The van der Waals surface area contributed by atoms with Crippen molar-refractivity contribution in [1.82, 2.24) is 25.9 Å². The van der Waals surface area contributed by atoms with Crippen LogP contribution in [0.4, 0.5) is 0 Å². The van der Waals surface area contributed by atoms with Crippen molar-refractivity contribution in [1.29, 1.82) is 0 Å².